The van der Waals surface area contributed by atoms with Crippen LogP contribution < -0.4 is 9.88 Å². The molecule has 0 aliphatic rings. The molecule has 3 aromatic rings. The number of ether oxygens (including phenoxy) is 1. The van der Waals surface area contributed by atoms with Crippen LogP contribution >= 0.6 is 10.7 Å². The van der Waals surface area contributed by atoms with Crippen molar-refractivity contribution in [2.45, 2.75) is 9.79 Å². The van der Waals surface area contributed by atoms with E-state index in [-0.39, 0.29) is 11.1 Å². The molecule has 14 heteroatoms. The largest absolute Gasteiger partial charge is 0.497 e. The zero-order valence-corrected chi connectivity index (χ0v) is 20.0. The molecular formula is C21H16ClF2NO8S2. The van der Waals surface area contributed by atoms with Crippen LogP contribution in [0.15, 0.2) is 70.5 Å². The van der Waals surface area contributed by atoms with Crippen LogP contribution in [0, 0.1) is 11.6 Å². The molecule has 0 aromatic heterocycles. The molecule has 0 saturated heterocycles. The molecule has 0 aliphatic carbocycles. The maximum Gasteiger partial charge on any atom is 0.335 e. The normalized spacial score (nSPS) is 11.2. The summed E-state index contributed by atoms with van der Waals surface area (Å²) in [5.41, 5.74) is -0.220. The Morgan fingerprint density at radius 1 is 0.857 bits per heavy atom. The van der Waals surface area contributed by atoms with Crippen LogP contribution in [0.25, 0.3) is 0 Å². The molecule has 0 saturated carbocycles. The number of carboxylic acids is 1. The molecule has 3 rings (SSSR count). The van der Waals surface area contributed by atoms with E-state index < -0.39 is 57.8 Å². The molecule has 0 heterocycles. The smallest absolute Gasteiger partial charge is 0.335 e. The Kier molecular flexibility index (Phi) is 8.68. The summed E-state index contributed by atoms with van der Waals surface area (Å²) in [7, 11) is -2.76. The highest BCUT2D eigenvalue weighted by atomic mass is 35.7. The minimum absolute atomic E-state index is 0.0886. The Labute approximate surface area is 203 Å². The standard InChI is InChI=1S/C14H11ClFNO6S2.C7H5FO2/c1-23-10-4-2-8(3-5-10)14(18)9-6-11(24(15,19)20)13(16)12(7-9)25(17,21)22;8-6-3-1-5(2-4-6)7(9)10/h2-7H,1H3,(H2,17,21,22);1-4H,(H,9,10). The van der Waals surface area contributed by atoms with Gasteiger partial charge in [-0.15, -0.1) is 0 Å². The second-order valence-corrected chi connectivity index (χ2v) is 10.7. The summed E-state index contributed by atoms with van der Waals surface area (Å²) >= 11 is 0. The van der Waals surface area contributed by atoms with E-state index in [9.17, 15) is 35.2 Å². The second-order valence-electron chi connectivity index (χ2n) is 6.64. The molecule has 9 nitrogen and oxygen atoms in total. The summed E-state index contributed by atoms with van der Waals surface area (Å²) < 4.78 is 77.2. The molecule has 0 aliphatic heterocycles. The lowest BCUT2D eigenvalue weighted by atomic mass is 10.0. The quantitative estimate of drug-likeness (QED) is 0.352. The number of carbonyl (C=O) groups is 2. The van der Waals surface area contributed by atoms with E-state index in [1.165, 1.54) is 43.5 Å². The number of sulfonamides is 1. The fourth-order valence-electron chi connectivity index (χ4n) is 2.59. The molecule has 0 unspecified atom stereocenters. The fraction of sp³-hybridized carbons (Fsp3) is 0.0476. The average molecular weight is 548 g/mol. The summed E-state index contributed by atoms with van der Waals surface area (Å²) in [6.45, 7) is 0. The SMILES string of the molecule is COc1ccc(C(=O)c2cc(S(N)(=O)=O)c(F)c(S(=O)(=O)Cl)c2)cc1.O=C(O)c1ccc(F)cc1. The number of aromatic carboxylic acids is 1. The summed E-state index contributed by atoms with van der Waals surface area (Å²) in [5.74, 6) is -3.41. The summed E-state index contributed by atoms with van der Waals surface area (Å²) in [5, 5.41) is 13.2. The van der Waals surface area contributed by atoms with Gasteiger partial charge in [-0.05, 0) is 60.7 Å². The lowest BCUT2D eigenvalue weighted by Gasteiger charge is -2.09. The average Bonchev–Trinajstić information content (AvgIpc) is 2.78. The van der Waals surface area contributed by atoms with Gasteiger partial charge >= 0.3 is 5.97 Å². The van der Waals surface area contributed by atoms with Gasteiger partial charge in [0.2, 0.25) is 10.0 Å². The summed E-state index contributed by atoms with van der Waals surface area (Å²) in [6, 6.07) is 11.7. The number of ketones is 1. The highest BCUT2D eigenvalue weighted by molar-refractivity contribution is 8.13. The van der Waals surface area contributed by atoms with Gasteiger partial charge in [0.25, 0.3) is 9.05 Å². The minimum atomic E-state index is -4.66. The minimum Gasteiger partial charge on any atom is -0.497 e. The fourth-order valence-corrected chi connectivity index (χ4v) is 4.23. The molecule has 0 atom stereocenters. The first-order valence-electron chi connectivity index (χ1n) is 9.13. The predicted molar refractivity (Wildman–Crippen MR) is 121 cm³/mol. The van der Waals surface area contributed by atoms with Crippen LogP contribution in [-0.4, -0.2) is 40.8 Å². The number of carbonyl (C=O) groups excluding carboxylic acids is 1. The van der Waals surface area contributed by atoms with Crippen molar-refractivity contribution in [3.8, 4) is 5.75 Å². The number of halogens is 3. The molecule has 35 heavy (non-hydrogen) atoms. The number of benzene rings is 3. The zero-order valence-electron chi connectivity index (χ0n) is 17.6. The van der Waals surface area contributed by atoms with Gasteiger partial charge in [-0.25, -0.2) is 35.5 Å². The Morgan fingerprint density at radius 3 is 1.77 bits per heavy atom. The van der Waals surface area contributed by atoms with Gasteiger partial charge < -0.3 is 9.84 Å². The van der Waals surface area contributed by atoms with Crippen molar-refractivity contribution in [2.24, 2.45) is 5.14 Å². The van der Waals surface area contributed by atoms with Crippen molar-refractivity contribution >= 4 is 41.5 Å². The Balaban J connectivity index is 0.000000360. The van der Waals surface area contributed by atoms with Crippen LogP contribution in [0.5, 0.6) is 5.75 Å². The monoisotopic (exact) mass is 547 g/mol. The molecule has 186 valence electrons. The number of rotatable bonds is 6. The summed E-state index contributed by atoms with van der Waals surface area (Å²) in [4.78, 5) is 20.4. The lowest BCUT2D eigenvalue weighted by Crippen LogP contribution is -2.17. The maximum absolute atomic E-state index is 14.2. The van der Waals surface area contributed by atoms with Crippen LogP contribution in [0.3, 0.4) is 0 Å². The van der Waals surface area contributed by atoms with Crippen molar-refractivity contribution < 1.29 is 45.0 Å². The Bertz CT molecular complexity index is 1420. The Morgan fingerprint density at radius 2 is 1.34 bits per heavy atom. The third kappa shape index (κ3) is 7.29. The number of nitrogens with two attached hydrogens (primary N) is 1. The van der Waals surface area contributed by atoms with Crippen molar-refractivity contribution in [3.63, 3.8) is 0 Å². The molecule has 0 spiro atoms. The van der Waals surface area contributed by atoms with E-state index >= 15 is 0 Å². The molecule has 0 amide bonds. The number of hydrogen-bond acceptors (Lipinski definition) is 7. The molecule has 0 fully saturated rings. The van der Waals surface area contributed by atoms with Gasteiger partial charge in [-0.3, -0.25) is 4.79 Å². The number of carboxylic acid groups (broad SMARTS) is 1. The van der Waals surface area contributed by atoms with Crippen LogP contribution in [0.2, 0.25) is 0 Å². The van der Waals surface area contributed by atoms with Gasteiger partial charge in [-0.2, -0.15) is 0 Å². The van der Waals surface area contributed by atoms with E-state index in [0.717, 1.165) is 12.1 Å². The molecule has 0 radical (unpaired) electrons. The molecular weight excluding hydrogens is 532 g/mol. The first-order valence-corrected chi connectivity index (χ1v) is 13.0. The van der Waals surface area contributed by atoms with E-state index in [1.54, 1.807) is 0 Å². The van der Waals surface area contributed by atoms with E-state index in [2.05, 4.69) is 0 Å². The lowest BCUT2D eigenvalue weighted by molar-refractivity contribution is 0.0696. The van der Waals surface area contributed by atoms with Gasteiger partial charge in [-0.1, -0.05) is 0 Å². The third-order valence-electron chi connectivity index (χ3n) is 4.28. The molecule has 0 bridgehead atoms. The highest BCUT2D eigenvalue weighted by Gasteiger charge is 2.27. The van der Waals surface area contributed by atoms with Crippen LogP contribution in [0.4, 0.5) is 8.78 Å². The van der Waals surface area contributed by atoms with Crippen molar-refractivity contribution in [1.29, 1.82) is 0 Å². The Hall–Kier alpha value is -3.39. The maximum atomic E-state index is 14.2. The summed E-state index contributed by atoms with van der Waals surface area (Å²) in [6.07, 6.45) is 0. The van der Waals surface area contributed by atoms with E-state index in [1.807, 2.05) is 0 Å². The third-order valence-corrected chi connectivity index (χ3v) is 6.51. The number of hydrogen-bond donors (Lipinski definition) is 2. The van der Waals surface area contributed by atoms with Gasteiger partial charge in [0.05, 0.1) is 12.7 Å². The predicted octanol–water partition coefficient (Wildman–Crippen LogP) is 3.16. The highest BCUT2D eigenvalue weighted by Crippen LogP contribution is 2.27. The van der Waals surface area contributed by atoms with Crippen molar-refractivity contribution in [2.75, 3.05) is 7.11 Å². The van der Waals surface area contributed by atoms with Crippen LogP contribution in [-0.2, 0) is 19.1 Å². The van der Waals surface area contributed by atoms with Gasteiger partial charge in [0, 0.05) is 21.8 Å². The van der Waals surface area contributed by atoms with Crippen molar-refractivity contribution in [3.05, 3.63) is 89.0 Å². The zero-order chi connectivity index (χ0) is 26.6. The number of methoxy groups -OCH3 is 1. The van der Waals surface area contributed by atoms with Crippen LogP contribution in [0.1, 0.15) is 26.3 Å². The topological polar surface area (TPSA) is 158 Å². The molecule has 3 N–H and O–H groups in total. The van der Waals surface area contributed by atoms with Gasteiger partial charge in [0.15, 0.2) is 11.6 Å². The van der Waals surface area contributed by atoms with E-state index in [0.29, 0.717) is 17.9 Å². The first-order chi connectivity index (χ1) is 16.1. The van der Waals surface area contributed by atoms with E-state index in [4.69, 9.17) is 25.7 Å². The first kappa shape index (κ1) is 27.9. The second kappa shape index (κ2) is 10.9. The molecule has 3 aromatic carbocycles. The van der Waals surface area contributed by atoms with Crippen molar-refractivity contribution in [1.82, 2.24) is 0 Å². The number of primary sulfonamides is 1. The van der Waals surface area contributed by atoms with Gasteiger partial charge in [0.1, 0.15) is 21.4 Å².